The van der Waals surface area contributed by atoms with Gasteiger partial charge < -0.3 is 0 Å². The molecule has 4 atom stereocenters. The van der Waals surface area contributed by atoms with E-state index in [4.69, 9.17) is 0 Å². The highest BCUT2D eigenvalue weighted by Gasteiger charge is 2.25. The van der Waals surface area contributed by atoms with Crippen LogP contribution in [-0.2, 0) is 0 Å². The highest BCUT2D eigenvalue weighted by molar-refractivity contribution is 4.76. The van der Waals surface area contributed by atoms with E-state index in [0.29, 0.717) is 0 Å². The normalized spacial score (nSPS) is 17.2. The molecule has 0 aromatic carbocycles. The quantitative estimate of drug-likeness (QED) is 0.280. The van der Waals surface area contributed by atoms with Crippen LogP contribution in [0.1, 0.15) is 120 Å². The summed E-state index contributed by atoms with van der Waals surface area (Å²) in [5.41, 5.74) is 0. The first-order valence-electron chi connectivity index (χ1n) is 11.4. The van der Waals surface area contributed by atoms with Crippen molar-refractivity contribution in [3.05, 3.63) is 0 Å². The van der Waals surface area contributed by atoms with Crippen molar-refractivity contribution < 1.29 is 0 Å². The van der Waals surface area contributed by atoms with Gasteiger partial charge in [0.15, 0.2) is 0 Å². The maximum Gasteiger partial charge on any atom is -0.0383 e. The molecule has 146 valence electrons. The van der Waals surface area contributed by atoms with E-state index < -0.39 is 0 Å². The summed E-state index contributed by atoms with van der Waals surface area (Å²) in [5.74, 6) is 5.54. The topological polar surface area (TPSA) is 0 Å². The molecule has 0 amide bonds. The van der Waals surface area contributed by atoms with Crippen molar-refractivity contribution in [1.29, 1.82) is 0 Å². The fourth-order valence-electron chi connectivity index (χ4n) is 4.15. The molecule has 0 saturated heterocycles. The molecule has 0 heterocycles. The molecule has 0 radical (unpaired) electrons. The highest BCUT2D eigenvalue weighted by Crippen LogP contribution is 2.36. The largest absolute Gasteiger partial charge is 0.0651 e. The van der Waals surface area contributed by atoms with E-state index >= 15 is 0 Å². The van der Waals surface area contributed by atoms with Crippen molar-refractivity contribution in [2.75, 3.05) is 0 Å². The Labute approximate surface area is 155 Å². The van der Waals surface area contributed by atoms with E-state index in [0.717, 1.165) is 35.5 Å². The fraction of sp³-hybridized carbons (Fsp3) is 1.00. The maximum absolute atomic E-state index is 2.48. The third-order valence-electron chi connectivity index (χ3n) is 6.69. The van der Waals surface area contributed by atoms with Gasteiger partial charge in [-0.05, 0) is 61.2 Å². The molecule has 0 spiro atoms. The van der Waals surface area contributed by atoms with Crippen molar-refractivity contribution in [3.8, 4) is 0 Å². The zero-order valence-electron chi connectivity index (χ0n) is 18.5. The van der Waals surface area contributed by atoms with Crippen LogP contribution in [0.3, 0.4) is 0 Å². The van der Waals surface area contributed by atoms with Crippen molar-refractivity contribution in [2.24, 2.45) is 35.5 Å². The Hall–Kier alpha value is 0. The minimum Gasteiger partial charge on any atom is -0.0651 e. The summed E-state index contributed by atoms with van der Waals surface area (Å²) in [4.78, 5) is 0. The average molecular weight is 339 g/mol. The van der Waals surface area contributed by atoms with E-state index in [-0.39, 0.29) is 0 Å². The molecule has 0 N–H and O–H groups in total. The second-order valence-electron chi connectivity index (χ2n) is 9.25. The van der Waals surface area contributed by atoms with Crippen molar-refractivity contribution in [2.45, 2.75) is 120 Å². The first-order chi connectivity index (χ1) is 11.4. The number of hydrogen-bond donors (Lipinski definition) is 0. The Bertz CT molecular complexity index is 263. The van der Waals surface area contributed by atoms with Gasteiger partial charge in [0.2, 0.25) is 0 Å². The fourth-order valence-corrected chi connectivity index (χ4v) is 4.15. The van der Waals surface area contributed by atoms with Gasteiger partial charge in [0.1, 0.15) is 0 Å². The summed E-state index contributed by atoms with van der Waals surface area (Å²) < 4.78 is 0. The van der Waals surface area contributed by atoms with E-state index in [2.05, 4.69) is 55.4 Å². The molecular weight excluding hydrogens is 288 g/mol. The van der Waals surface area contributed by atoms with Crippen molar-refractivity contribution in [1.82, 2.24) is 0 Å². The summed E-state index contributed by atoms with van der Waals surface area (Å²) in [7, 11) is 0. The highest BCUT2D eigenvalue weighted by atomic mass is 14.3. The van der Waals surface area contributed by atoms with Crippen LogP contribution in [0.4, 0.5) is 0 Å². The Balaban J connectivity index is 4.98. The predicted octanol–water partition coefficient (Wildman–Crippen LogP) is 8.74. The summed E-state index contributed by atoms with van der Waals surface area (Å²) in [6.07, 6.45) is 14.2. The molecule has 0 aromatic rings. The van der Waals surface area contributed by atoms with Gasteiger partial charge in [0.25, 0.3) is 0 Å². The third-order valence-corrected chi connectivity index (χ3v) is 6.69. The molecule has 24 heavy (non-hydrogen) atoms. The molecule has 0 aliphatic rings. The minimum absolute atomic E-state index is 0.854. The molecule has 0 bridgehead atoms. The molecule has 0 aromatic heterocycles. The molecule has 0 nitrogen and oxygen atoms in total. The van der Waals surface area contributed by atoms with Gasteiger partial charge in [-0.15, -0.1) is 0 Å². The monoisotopic (exact) mass is 338 g/mol. The minimum atomic E-state index is 0.854. The Morgan fingerprint density at radius 1 is 0.500 bits per heavy atom. The Morgan fingerprint density at radius 2 is 0.917 bits per heavy atom. The van der Waals surface area contributed by atoms with Crippen molar-refractivity contribution >= 4 is 0 Å². The smallest absolute Gasteiger partial charge is 0.0383 e. The van der Waals surface area contributed by atoms with Crippen LogP contribution in [0.2, 0.25) is 0 Å². The lowest BCUT2D eigenvalue weighted by molar-refractivity contribution is 0.186. The van der Waals surface area contributed by atoms with Crippen molar-refractivity contribution in [3.63, 3.8) is 0 Å². The van der Waals surface area contributed by atoms with Crippen LogP contribution in [0.15, 0.2) is 0 Å². The molecular formula is C24H50. The molecule has 4 unspecified atom stereocenters. The Morgan fingerprint density at radius 3 is 1.25 bits per heavy atom. The SMILES string of the molecule is CCC(C)CC(CCC(C)C)C(CCC(CC)CC)CC(C)CC. The van der Waals surface area contributed by atoms with Crippen LogP contribution in [0.25, 0.3) is 0 Å². The molecule has 0 aliphatic heterocycles. The lowest BCUT2D eigenvalue weighted by Gasteiger charge is -2.32. The van der Waals surface area contributed by atoms with Crippen LogP contribution in [0, 0.1) is 35.5 Å². The van der Waals surface area contributed by atoms with Crippen LogP contribution in [-0.4, -0.2) is 0 Å². The Kier molecular flexibility index (Phi) is 14.2. The van der Waals surface area contributed by atoms with Gasteiger partial charge >= 0.3 is 0 Å². The average Bonchev–Trinajstić information content (AvgIpc) is 2.57. The summed E-state index contributed by atoms with van der Waals surface area (Å²) in [6, 6.07) is 0. The molecule has 0 aliphatic carbocycles. The van der Waals surface area contributed by atoms with Gasteiger partial charge in [-0.2, -0.15) is 0 Å². The van der Waals surface area contributed by atoms with Gasteiger partial charge in [0, 0.05) is 0 Å². The standard InChI is InChI=1S/C24H50/c1-9-20(7)17-23(15-13-19(5)6)24(18-21(8)10-2)16-14-22(11-3)12-4/h19-24H,9-18H2,1-8H3. The van der Waals surface area contributed by atoms with Gasteiger partial charge in [-0.25, -0.2) is 0 Å². The number of rotatable bonds is 15. The lowest BCUT2D eigenvalue weighted by atomic mass is 9.73. The lowest BCUT2D eigenvalue weighted by Crippen LogP contribution is -2.21. The molecule has 0 rings (SSSR count). The summed E-state index contributed by atoms with van der Waals surface area (Å²) in [5, 5.41) is 0. The third kappa shape index (κ3) is 10.8. The summed E-state index contributed by atoms with van der Waals surface area (Å²) in [6.45, 7) is 19.3. The first-order valence-corrected chi connectivity index (χ1v) is 11.4. The summed E-state index contributed by atoms with van der Waals surface area (Å²) >= 11 is 0. The zero-order chi connectivity index (χ0) is 18.5. The van der Waals surface area contributed by atoms with Gasteiger partial charge in [0.05, 0.1) is 0 Å². The van der Waals surface area contributed by atoms with Crippen LogP contribution < -0.4 is 0 Å². The molecule has 0 saturated carbocycles. The van der Waals surface area contributed by atoms with E-state index in [1.807, 2.05) is 0 Å². The predicted molar refractivity (Wildman–Crippen MR) is 113 cm³/mol. The first kappa shape index (κ1) is 24.0. The van der Waals surface area contributed by atoms with Gasteiger partial charge in [-0.1, -0.05) is 93.9 Å². The second kappa shape index (κ2) is 14.2. The van der Waals surface area contributed by atoms with E-state index in [1.165, 1.54) is 64.2 Å². The molecule has 0 fully saturated rings. The zero-order valence-corrected chi connectivity index (χ0v) is 18.5. The van der Waals surface area contributed by atoms with E-state index in [9.17, 15) is 0 Å². The van der Waals surface area contributed by atoms with Crippen LogP contribution >= 0.6 is 0 Å². The van der Waals surface area contributed by atoms with Crippen LogP contribution in [0.5, 0.6) is 0 Å². The van der Waals surface area contributed by atoms with Gasteiger partial charge in [-0.3, -0.25) is 0 Å². The number of hydrogen-bond acceptors (Lipinski definition) is 0. The molecule has 0 heteroatoms. The van der Waals surface area contributed by atoms with E-state index in [1.54, 1.807) is 0 Å². The second-order valence-corrected chi connectivity index (χ2v) is 9.25. The maximum atomic E-state index is 2.48.